The maximum atomic E-state index is 4.84. The van der Waals surface area contributed by atoms with Crippen LogP contribution < -0.4 is 4.63 Å². The van der Waals surface area contributed by atoms with Gasteiger partial charge in [0.15, 0.2) is 0 Å². The molecule has 0 atom stereocenters. The Labute approximate surface area is 119 Å². The summed E-state index contributed by atoms with van der Waals surface area (Å²) >= 11 is 5.49. The lowest BCUT2D eigenvalue weighted by Gasteiger charge is -2.41. The standard InChI is InChI=1S/C13H24BrNSSi/c1-8(2)17(9(3)4,10(5)6)13-15-12(14)11(7)16-13/h8-10H,1-7H3. The Morgan fingerprint density at radius 2 is 1.41 bits per heavy atom. The first kappa shape index (κ1) is 15.4. The van der Waals surface area contributed by atoms with Crippen LogP contribution in [0.4, 0.5) is 0 Å². The molecule has 0 spiro atoms. The van der Waals surface area contributed by atoms with Crippen LogP contribution in [0.3, 0.4) is 0 Å². The molecule has 0 bridgehead atoms. The van der Waals surface area contributed by atoms with Crippen LogP contribution in [0, 0.1) is 6.92 Å². The number of thiazole rings is 1. The van der Waals surface area contributed by atoms with Crippen molar-refractivity contribution in [2.24, 2.45) is 0 Å². The highest BCUT2D eigenvalue weighted by Crippen LogP contribution is 2.42. The van der Waals surface area contributed by atoms with E-state index in [1.165, 1.54) is 9.51 Å². The second-order valence-corrected chi connectivity index (χ2v) is 13.9. The van der Waals surface area contributed by atoms with E-state index in [-0.39, 0.29) is 0 Å². The number of halogens is 1. The first-order valence-corrected chi connectivity index (χ1v) is 10.2. The van der Waals surface area contributed by atoms with E-state index in [2.05, 4.69) is 64.4 Å². The van der Waals surface area contributed by atoms with Gasteiger partial charge in [0, 0.05) is 4.88 Å². The minimum Gasteiger partial charge on any atom is -0.239 e. The summed E-state index contributed by atoms with van der Waals surface area (Å²) in [6.45, 7) is 16.5. The summed E-state index contributed by atoms with van der Waals surface area (Å²) in [6, 6.07) is 0. The highest BCUT2D eigenvalue weighted by atomic mass is 79.9. The van der Waals surface area contributed by atoms with Gasteiger partial charge in [-0.1, -0.05) is 41.5 Å². The van der Waals surface area contributed by atoms with Gasteiger partial charge in [-0.2, -0.15) is 0 Å². The average Bonchev–Trinajstić information content (AvgIpc) is 2.45. The molecule has 0 unspecified atom stereocenters. The summed E-state index contributed by atoms with van der Waals surface area (Å²) in [5, 5.41) is 0. The number of aromatic nitrogens is 1. The fourth-order valence-electron chi connectivity index (χ4n) is 3.30. The van der Waals surface area contributed by atoms with Gasteiger partial charge in [-0.15, -0.1) is 11.3 Å². The summed E-state index contributed by atoms with van der Waals surface area (Å²) in [7, 11) is -1.54. The topological polar surface area (TPSA) is 12.9 Å². The molecule has 0 aliphatic heterocycles. The highest BCUT2D eigenvalue weighted by Gasteiger charge is 2.47. The van der Waals surface area contributed by atoms with Crippen LogP contribution in [0.15, 0.2) is 4.60 Å². The molecule has 1 heterocycles. The quantitative estimate of drug-likeness (QED) is 0.698. The smallest absolute Gasteiger partial charge is 0.131 e. The molecule has 1 aromatic heterocycles. The van der Waals surface area contributed by atoms with E-state index >= 15 is 0 Å². The first-order chi connectivity index (χ1) is 7.74. The van der Waals surface area contributed by atoms with E-state index in [0.29, 0.717) is 0 Å². The van der Waals surface area contributed by atoms with Gasteiger partial charge in [0.2, 0.25) is 0 Å². The fraction of sp³-hybridized carbons (Fsp3) is 0.769. The monoisotopic (exact) mass is 333 g/mol. The van der Waals surface area contributed by atoms with Gasteiger partial charge in [-0.3, -0.25) is 0 Å². The van der Waals surface area contributed by atoms with Gasteiger partial charge in [-0.05, 0) is 39.5 Å². The summed E-state index contributed by atoms with van der Waals surface area (Å²) in [4.78, 5) is 6.16. The van der Waals surface area contributed by atoms with Crippen molar-refractivity contribution >= 4 is 40.0 Å². The Balaban J connectivity index is 3.41. The molecule has 0 aromatic carbocycles. The summed E-state index contributed by atoms with van der Waals surface area (Å²) in [5.41, 5.74) is 2.21. The zero-order valence-electron chi connectivity index (χ0n) is 12.0. The molecule has 17 heavy (non-hydrogen) atoms. The minimum atomic E-state index is -1.54. The maximum absolute atomic E-state index is 4.84. The molecule has 1 aromatic rings. The zero-order valence-corrected chi connectivity index (χ0v) is 15.4. The Kier molecular flexibility index (Phi) is 5.01. The molecule has 4 heteroatoms. The molecule has 0 aliphatic carbocycles. The van der Waals surface area contributed by atoms with Crippen molar-refractivity contribution in [2.45, 2.75) is 65.1 Å². The molecule has 0 radical (unpaired) electrons. The predicted molar refractivity (Wildman–Crippen MR) is 85.2 cm³/mol. The molecular weight excluding hydrogens is 310 g/mol. The van der Waals surface area contributed by atoms with Crippen LogP contribution in [0.25, 0.3) is 0 Å². The van der Waals surface area contributed by atoms with Gasteiger partial charge in [0.1, 0.15) is 12.7 Å². The van der Waals surface area contributed by atoms with Crippen LogP contribution in [0.2, 0.25) is 16.6 Å². The van der Waals surface area contributed by atoms with Crippen molar-refractivity contribution in [2.75, 3.05) is 0 Å². The first-order valence-electron chi connectivity index (χ1n) is 6.37. The third kappa shape index (κ3) is 2.54. The molecule has 0 aliphatic rings. The molecule has 0 saturated carbocycles. The van der Waals surface area contributed by atoms with Gasteiger partial charge in [0.25, 0.3) is 0 Å². The molecule has 1 rings (SSSR count). The van der Waals surface area contributed by atoms with E-state index in [4.69, 9.17) is 4.98 Å². The minimum absolute atomic E-state index is 0.736. The van der Waals surface area contributed by atoms with Gasteiger partial charge >= 0.3 is 0 Å². The summed E-state index contributed by atoms with van der Waals surface area (Å²) in [5.74, 6) is 0. The molecule has 0 amide bonds. The summed E-state index contributed by atoms with van der Waals surface area (Å²) in [6.07, 6.45) is 0. The second kappa shape index (κ2) is 5.53. The van der Waals surface area contributed by atoms with Gasteiger partial charge in [0.05, 0.1) is 4.63 Å². The van der Waals surface area contributed by atoms with Crippen LogP contribution in [-0.4, -0.2) is 13.1 Å². The molecule has 98 valence electrons. The Bertz CT molecular complexity index is 343. The van der Waals surface area contributed by atoms with Crippen molar-refractivity contribution in [1.29, 1.82) is 0 Å². The third-order valence-corrected chi connectivity index (χ3v) is 13.7. The van der Waals surface area contributed by atoms with E-state index in [9.17, 15) is 0 Å². The number of nitrogens with zero attached hydrogens (tertiary/aromatic N) is 1. The van der Waals surface area contributed by atoms with Crippen LogP contribution in [-0.2, 0) is 0 Å². The lowest BCUT2D eigenvalue weighted by molar-refractivity contribution is 0.833. The number of hydrogen-bond donors (Lipinski definition) is 0. The number of aryl methyl sites for hydroxylation is 1. The second-order valence-electron chi connectivity index (χ2n) is 5.76. The highest BCUT2D eigenvalue weighted by molar-refractivity contribution is 9.10. The van der Waals surface area contributed by atoms with E-state index in [1.54, 1.807) is 0 Å². The van der Waals surface area contributed by atoms with Crippen molar-refractivity contribution in [3.63, 3.8) is 0 Å². The Morgan fingerprint density at radius 3 is 1.65 bits per heavy atom. The molecule has 1 nitrogen and oxygen atoms in total. The van der Waals surface area contributed by atoms with Crippen molar-refractivity contribution in [1.82, 2.24) is 4.98 Å². The Hall–Kier alpha value is 0.327. The SMILES string of the molecule is Cc1sc([Si](C(C)C)(C(C)C)C(C)C)nc1Br. The molecule has 0 N–H and O–H groups in total. The third-order valence-electron chi connectivity index (χ3n) is 3.98. The largest absolute Gasteiger partial charge is 0.239 e. The van der Waals surface area contributed by atoms with E-state index in [0.717, 1.165) is 21.2 Å². The summed E-state index contributed by atoms with van der Waals surface area (Å²) < 4.78 is 2.48. The fourth-order valence-corrected chi connectivity index (χ4v) is 13.6. The van der Waals surface area contributed by atoms with Gasteiger partial charge in [-0.25, -0.2) is 4.98 Å². The lowest BCUT2D eigenvalue weighted by Crippen LogP contribution is -2.55. The van der Waals surface area contributed by atoms with Crippen LogP contribution in [0.1, 0.15) is 46.4 Å². The zero-order chi connectivity index (χ0) is 13.4. The average molecular weight is 334 g/mol. The van der Waals surface area contributed by atoms with Gasteiger partial charge < -0.3 is 0 Å². The molecule has 0 fully saturated rings. The normalized spacial score (nSPS) is 13.1. The van der Waals surface area contributed by atoms with Crippen LogP contribution in [0.5, 0.6) is 0 Å². The van der Waals surface area contributed by atoms with Crippen molar-refractivity contribution in [3.8, 4) is 0 Å². The lowest BCUT2D eigenvalue weighted by atomic mass is 10.5. The Morgan fingerprint density at radius 1 is 1.00 bits per heavy atom. The van der Waals surface area contributed by atoms with Crippen molar-refractivity contribution < 1.29 is 0 Å². The number of rotatable bonds is 4. The molecular formula is C13H24BrNSSi. The maximum Gasteiger partial charge on any atom is 0.131 e. The van der Waals surface area contributed by atoms with E-state index < -0.39 is 8.07 Å². The predicted octanol–water partition coefficient (Wildman–Crippen LogP) is 5.10. The number of hydrogen-bond acceptors (Lipinski definition) is 2. The van der Waals surface area contributed by atoms with Crippen LogP contribution >= 0.6 is 27.3 Å². The van der Waals surface area contributed by atoms with E-state index in [1.807, 2.05) is 11.3 Å². The van der Waals surface area contributed by atoms with Crippen molar-refractivity contribution in [3.05, 3.63) is 9.48 Å². The molecule has 0 saturated heterocycles.